The van der Waals surface area contributed by atoms with Gasteiger partial charge in [-0.25, -0.2) is 0 Å². The zero-order valence-corrected chi connectivity index (χ0v) is 36.8. The number of furan rings is 2. The fraction of sp³-hybridized carbons (Fsp3) is 0. The second-order valence-electron chi connectivity index (χ2n) is 17.8. The second kappa shape index (κ2) is 14.0. The van der Waals surface area contributed by atoms with Gasteiger partial charge in [0, 0.05) is 47.3 Å². The van der Waals surface area contributed by atoms with E-state index in [2.05, 4.69) is 206 Å². The normalized spacial score (nSPS) is 12.2. The van der Waals surface area contributed by atoms with E-state index in [1.807, 2.05) is 23.5 Å². The van der Waals surface area contributed by atoms with Crippen molar-refractivity contribution in [3.63, 3.8) is 0 Å². The van der Waals surface area contributed by atoms with Crippen molar-refractivity contribution in [3.05, 3.63) is 218 Å². The van der Waals surface area contributed by atoms with Crippen LogP contribution in [0.25, 0.3) is 152 Å². The van der Waals surface area contributed by atoms with Gasteiger partial charge in [-0.05, 0) is 131 Å². The highest BCUT2D eigenvalue weighted by atomic mass is 32.1. The molecular weight excluding hydrogens is 833 g/mol. The monoisotopic (exact) mass is 868 g/mol. The minimum Gasteiger partial charge on any atom is -0.456 e. The number of hydrogen-bond donors (Lipinski definition) is 0. The van der Waals surface area contributed by atoms with Gasteiger partial charge in [0.1, 0.15) is 22.3 Å². The molecule has 0 N–H and O–H groups in total. The van der Waals surface area contributed by atoms with Crippen LogP contribution in [0.3, 0.4) is 0 Å². The summed E-state index contributed by atoms with van der Waals surface area (Å²) in [6.07, 6.45) is 0. The van der Waals surface area contributed by atoms with Crippen molar-refractivity contribution in [2.45, 2.75) is 0 Å². The lowest BCUT2D eigenvalue weighted by atomic mass is 9.85. The summed E-state index contributed by atoms with van der Waals surface area (Å²) in [5, 5.41) is 17.0. The number of fused-ring (bicyclic) bond motifs is 13. The Morgan fingerprint density at radius 3 is 1.03 bits per heavy atom. The summed E-state index contributed by atoms with van der Waals surface area (Å²) >= 11 is 1.90. The van der Waals surface area contributed by atoms with E-state index in [0.717, 1.165) is 43.9 Å². The number of para-hydroxylation sites is 2. The van der Waals surface area contributed by atoms with Crippen molar-refractivity contribution < 1.29 is 8.83 Å². The largest absolute Gasteiger partial charge is 0.456 e. The first-order valence-corrected chi connectivity index (χ1v) is 23.7. The number of benzene rings is 12. The first kappa shape index (κ1) is 36.8. The maximum Gasteiger partial charge on any atom is 0.135 e. The van der Waals surface area contributed by atoms with E-state index < -0.39 is 0 Å². The summed E-state index contributed by atoms with van der Waals surface area (Å²) in [7, 11) is 0. The zero-order chi connectivity index (χ0) is 43.7. The van der Waals surface area contributed by atoms with Gasteiger partial charge in [-0.3, -0.25) is 0 Å². The molecule has 3 heteroatoms. The van der Waals surface area contributed by atoms with Crippen LogP contribution < -0.4 is 0 Å². The molecule has 310 valence electrons. The Kier molecular flexibility index (Phi) is 7.69. The maximum absolute atomic E-state index is 6.27. The van der Waals surface area contributed by atoms with Crippen LogP contribution in [0.4, 0.5) is 0 Å². The van der Waals surface area contributed by atoms with Crippen molar-refractivity contribution in [3.8, 4) is 44.5 Å². The summed E-state index contributed by atoms with van der Waals surface area (Å²) in [6.45, 7) is 0. The molecule has 67 heavy (non-hydrogen) atoms. The zero-order valence-electron chi connectivity index (χ0n) is 36.0. The maximum atomic E-state index is 6.27. The fourth-order valence-electron chi connectivity index (χ4n) is 11.4. The van der Waals surface area contributed by atoms with E-state index in [0.29, 0.717) is 0 Å². The molecule has 15 rings (SSSR count). The highest BCUT2D eigenvalue weighted by molar-refractivity contribution is 7.26. The van der Waals surface area contributed by atoms with Gasteiger partial charge in [0.05, 0.1) is 0 Å². The highest BCUT2D eigenvalue weighted by Crippen LogP contribution is 2.50. The van der Waals surface area contributed by atoms with E-state index in [-0.39, 0.29) is 0 Å². The van der Waals surface area contributed by atoms with Gasteiger partial charge in [-0.2, -0.15) is 0 Å². The minimum atomic E-state index is 0.908. The lowest BCUT2D eigenvalue weighted by Crippen LogP contribution is -1.91. The smallest absolute Gasteiger partial charge is 0.135 e. The average molecular weight is 869 g/mol. The van der Waals surface area contributed by atoms with E-state index in [1.54, 1.807) is 0 Å². The van der Waals surface area contributed by atoms with Crippen LogP contribution in [-0.4, -0.2) is 0 Å². The third-order valence-electron chi connectivity index (χ3n) is 14.2. The highest BCUT2D eigenvalue weighted by Gasteiger charge is 2.22. The molecule has 0 atom stereocenters. The van der Waals surface area contributed by atoms with Crippen LogP contribution in [0.1, 0.15) is 0 Å². The molecule has 2 nitrogen and oxygen atoms in total. The van der Waals surface area contributed by atoms with Crippen molar-refractivity contribution in [2.75, 3.05) is 0 Å². The van der Waals surface area contributed by atoms with Crippen LogP contribution >= 0.6 is 11.3 Å². The molecule has 0 radical (unpaired) electrons. The van der Waals surface area contributed by atoms with Crippen molar-refractivity contribution >= 4 is 118 Å². The van der Waals surface area contributed by atoms with Crippen LogP contribution in [0.5, 0.6) is 0 Å². The molecule has 3 aromatic heterocycles. The average Bonchev–Trinajstić information content (AvgIpc) is 4.08. The molecule has 0 unspecified atom stereocenters. The predicted molar refractivity (Wildman–Crippen MR) is 286 cm³/mol. The summed E-state index contributed by atoms with van der Waals surface area (Å²) in [5.41, 5.74) is 13.5. The van der Waals surface area contributed by atoms with Crippen LogP contribution in [0, 0.1) is 0 Å². The van der Waals surface area contributed by atoms with E-state index >= 15 is 0 Å². The van der Waals surface area contributed by atoms with Gasteiger partial charge in [0.15, 0.2) is 0 Å². The Hall–Kier alpha value is -8.50. The van der Waals surface area contributed by atoms with E-state index in [9.17, 15) is 0 Å². The summed E-state index contributed by atoms with van der Waals surface area (Å²) in [6, 6.07) is 79.9. The SMILES string of the molecule is c1ccc2c(c1)oc1ccc(-c3c4ccccc4c(-c4ccc5sc6c(-c7c8ccccc8c(-c8ccc9oc%10ccccc%10c9c8)c8ccccc78)cccc6c5c4)c4ccccc34)cc12. The molecule has 0 spiro atoms. The Morgan fingerprint density at radius 2 is 0.582 bits per heavy atom. The molecule has 0 fully saturated rings. The molecule has 12 aromatic carbocycles. The van der Waals surface area contributed by atoms with Gasteiger partial charge in [0.25, 0.3) is 0 Å². The Labute approximate surface area is 388 Å². The topological polar surface area (TPSA) is 26.3 Å². The molecule has 15 aromatic rings. The molecule has 0 aliphatic rings. The molecule has 0 aliphatic heterocycles. The number of thiophene rings is 1. The van der Waals surface area contributed by atoms with Crippen LogP contribution in [0.15, 0.2) is 227 Å². The first-order chi connectivity index (χ1) is 33.2. The Balaban J connectivity index is 0.936. The predicted octanol–water partition coefficient (Wildman–Crippen LogP) is 19.1. The van der Waals surface area contributed by atoms with Gasteiger partial charge in [-0.1, -0.05) is 170 Å². The quantitative estimate of drug-likeness (QED) is 0.165. The summed E-state index contributed by atoms with van der Waals surface area (Å²) in [5.74, 6) is 0. The fourth-order valence-corrected chi connectivity index (χ4v) is 12.6. The van der Waals surface area contributed by atoms with Crippen molar-refractivity contribution in [1.82, 2.24) is 0 Å². The molecule has 0 amide bonds. The van der Waals surface area contributed by atoms with E-state index in [4.69, 9.17) is 8.83 Å². The van der Waals surface area contributed by atoms with Crippen molar-refractivity contribution in [1.29, 1.82) is 0 Å². The number of rotatable bonds is 4. The lowest BCUT2D eigenvalue weighted by Gasteiger charge is -2.18. The number of hydrogen-bond acceptors (Lipinski definition) is 3. The molecule has 0 bridgehead atoms. The molecule has 0 aliphatic carbocycles. The Morgan fingerprint density at radius 1 is 0.239 bits per heavy atom. The van der Waals surface area contributed by atoms with Gasteiger partial charge >= 0.3 is 0 Å². The molecule has 0 saturated heterocycles. The van der Waals surface area contributed by atoms with Gasteiger partial charge in [-0.15, -0.1) is 11.3 Å². The van der Waals surface area contributed by atoms with Gasteiger partial charge < -0.3 is 8.83 Å². The lowest BCUT2D eigenvalue weighted by molar-refractivity contribution is 0.668. The standard InChI is InChI=1S/C64H36O2S/c1-3-18-44-42(16-1)60(37-28-31-57-52(34-37)40-14-9-11-26-55(40)65-57)43-17-2-4-19-45(43)62(44)39-30-33-59-54(36-39)50-24-13-25-51(64(50)67-59)63-48-22-7-5-20-46(48)61(47-21-6-8-23-49(47)63)38-29-32-58-53(35-38)41-15-10-12-27-56(41)66-58/h1-36H. The summed E-state index contributed by atoms with van der Waals surface area (Å²) in [4.78, 5) is 0. The van der Waals surface area contributed by atoms with Crippen molar-refractivity contribution in [2.24, 2.45) is 0 Å². The van der Waals surface area contributed by atoms with E-state index in [1.165, 1.54) is 108 Å². The molecular formula is C64H36O2S. The molecule has 3 heterocycles. The van der Waals surface area contributed by atoms with Crippen LogP contribution in [0.2, 0.25) is 0 Å². The third kappa shape index (κ3) is 5.32. The third-order valence-corrected chi connectivity index (χ3v) is 15.5. The molecule has 0 saturated carbocycles. The first-order valence-electron chi connectivity index (χ1n) is 22.9. The minimum absolute atomic E-state index is 0.908. The second-order valence-corrected chi connectivity index (χ2v) is 18.8. The Bertz CT molecular complexity index is 4470. The summed E-state index contributed by atoms with van der Waals surface area (Å²) < 4.78 is 15.1. The van der Waals surface area contributed by atoms with Crippen LogP contribution in [-0.2, 0) is 0 Å². The van der Waals surface area contributed by atoms with Gasteiger partial charge in [0.2, 0.25) is 0 Å².